The summed E-state index contributed by atoms with van der Waals surface area (Å²) < 4.78 is 0. The largest absolute Gasteiger partial charge is 0.388 e. The lowest BCUT2D eigenvalue weighted by atomic mass is 9.95. The highest BCUT2D eigenvalue weighted by atomic mass is 14.9. The van der Waals surface area contributed by atoms with Crippen LogP contribution in [-0.2, 0) is 0 Å². The van der Waals surface area contributed by atoms with E-state index in [2.05, 4.69) is 41.7 Å². The Morgan fingerprint density at radius 2 is 1.73 bits per heavy atom. The summed E-state index contributed by atoms with van der Waals surface area (Å²) in [6.45, 7) is 1.11. The first-order valence-electron chi connectivity index (χ1n) is 8.99. The van der Waals surface area contributed by atoms with Gasteiger partial charge in [0.25, 0.3) is 0 Å². The summed E-state index contributed by atoms with van der Waals surface area (Å²) >= 11 is 0. The average molecular weight is 296 g/mol. The summed E-state index contributed by atoms with van der Waals surface area (Å²) in [4.78, 5) is 5.13. The van der Waals surface area contributed by atoms with E-state index in [0.717, 1.165) is 13.0 Å². The molecule has 1 heterocycles. The van der Waals surface area contributed by atoms with Crippen LogP contribution in [0, 0.1) is 0 Å². The number of rotatable bonds is 3. The van der Waals surface area contributed by atoms with Crippen LogP contribution >= 0.6 is 0 Å². The summed E-state index contributed by atoms with van der Waals surface area (Å²) in [5.41, 5.74) is 3.81. The van der Waals surface area contributed by atoms with Crippen LogP contribution in [0.3, 0.4) is 0 Å². The zero-order valence-electron chi connectivity index (χ0n) is 13.6. The maximum Gasteiger partial charge on any atom is 0.0667 e. The third-order valence-electron chi connectivity index (χ3n) is 4.75. The van der Waals surface area contributed by atoms with Crippen molar-refractivity contribution in [1.82, 2.24) is 5.32 Å². The third kappa shape index (κ3) is 4.46. The monoisotopic (exact) mass is 296 g/mol. The van der Waals surface area contributed by atoms with Crippen molar-refractivity contribution in [3.8, 4) is 0 Å². The van der Waals surface area contributed by atoms with Crippen LogP contribution in [0.1, 0.15) is 63.4 Å². The van der Waals surface area contributed by atoms with Crippen LogP contribution in [0.2, 0.25) is 0 Å². The minimum absolute atomic E-state index is 0.520. The van der Waals surface area contributed by atoms with E-state index < -0.39 is 0 Å². The van der Waals surface area contributed by atoms with E-state index in [-0.39, 0.29) is 0 Å². The van der Waals surface area contributed by atoms with E-state index in [4.69, 9.17) is 4.99 Å². The standard InChI is InChI=1S/C20H28N2/c1-4-10-17(11-5-1)20(22-18-12-6-2-7-13-18)16-19-14-8-3-9-15-21-19/h1,4-5,10-11,16,18,21H,2-3,6-9,12-15H2. The molecule has 1 saturated heterocycles. The molecule has 2 heteroatoms. The number of benzene rings is 1. The summed E-state index contributed by atoms with van der Waals surface area (Å²) in [5.74, 6) is 0. The molecule has 0 unspecified atom stereocenters. The number of hydrogen-bond donors (Lipinski definition) is 1. The average Bonchev–Trinajstić information content (AvgIpc) is 2.85. The molecule has 0 spiro atoms. The molecule has 1 aromatic rings. The lowest BCUT2D eigenvalue weighted by molar-refractivity contribution is 0.444. The highest BCUT2D eigenvalue weighted by Crippen LogP contribution is 2.22. The Morgan fingerprint density at radius 1 is 0.955 bits per heavy atom. The Bertz CT molecular complexity index is 500. The summed E-state index contributed by atoms with van der Waals surface area (Å²) in [6, 6.07) is 11.2. The molecule has 3 rings (SSSR count). The van der Waals surface area contributed by atoms with Gasteiger partial charge in [-0.3, -0.25) is 4.99 Å². The van der Waals surface area contributed by atoms with Gasteiger partial charge in [0.15, 0.2) is 0 Å². The van der Waals surface area contributed by atoms with Gasteiger partial charge in [-0.25, -0.2) is 0 Å². The van der Waals surface area contributed by atoms with Crippen molar-refractivity contribution < 1.29 is 0 Å². The first-order valence-corrected chi connectivity index (χ1v) is 8.99. The van der Waals surface area contributed by atoms with Gasteiger partial charge in [0.1, 0.15) is 0 Å². The van der Waals surface area contributed by atoms with Gasteiger partial charge < -0.3 is 5.32 Å². The zero-order valence-corrected chi connectivity index (χ0v) is 13.6. The number of aliphatic imine (C=N–C) groups is 1. The molecule has 0 aromatic heterocycles. The van der Waals surface area contributed by atoms with Crippen molar-refractivity contribution in [2.75, 3.05) is 6.54 Å². The zero-order chi connectivity index (χ0) is 15.0. The van der Waals surface area contributed by atoms with E-state index in [0.29, 0.717) is 6.04 Å². The normalized spacial score (nSPS) is 23.1. The topological polar surface area (TPSA) is 24.4 Å². The Balaban J connectivity index is 1.85. The van der Waals surface area contributed by atoms with Gasteiger partial charge in [-0.05, 0) is 43.7 Å². The number of nitrogens with zero attached hydrogens (tertiary/aromatic N) is 1. The quantitative estimate of drug-likeness (QED) is 0.792. The SMILES string of the molecule is C(=C1CCCCCN1)C(=NC1CCCCC1)c1ccccc1. The van der Waals surface area contributed by atoms with E-state index in [1.54, 1.807) is 0 Å². The summed E-state index contributed by atoms with van der Waals surface area (Å²) in [6.07, 6.45) is 14.0. The second-order valence-electron chi connectivity index (χ2n) is 6.58. The molecule has 0 bridgehead atoms. The Labute approximate surface area is 134 Å². The minimum atomic E-state index is 0.520. The van der Waals surface area contributed by atoms with Gasteiger partial charge in [0.05, 0.1) is 11.8 Å². The molecule has 0 radical (unpaired) electrons. The highest BCUT2D eigenvalue weighted by molar-refractivity contribution is 6.09. The van der Waals surface area contributed by atoms with E-state index in [1.165, 1.54) is 68.3 Å². The van der Waals surface area contributed by atoms with Crippen LogP contribution in [0.4, 0.5) is 0 Å². The maximum absolute atomic E-state index is 5.13. The van der Waals surface area contributed by atoms with Crippen molar-refractivity contribution in [3.05, 3.63) is 47.7 Å². The van der Waals surface area contributed by atoms with Gasteiger partial charge in [-0.15, -0.1) is 0 Å². The summed E-state index contributed by atoms with van der Waals surface area (Å²) in [5, 5.41) is 3.60. The Kier molecular flexibility index (Phi) is 5.69. The molecule has 0 amide bonds. The van der Waals surface area contributed by atoms with Crippen molar-refractivity contribution in [2.24, 2.45) is 4.99 Å². The first-order chi connectivity index (χ1) is 10.9. The fraction of sp³-hybridized carbons (Fsp3) is 0.550. The Morgan fingerprint density at radius 3 is 2.55 bits per heavy atom. The van der Waals surface area contributed by atoms with Crippen LogP contribution in [0.15, 0.2) is 47.1 Å². The molecule has 1 N–H and O–H groups in total. The molecule has 1 aliphatic heterocycles. The minimum Gasteiger partial charge on any atom is -0.388 e. The molecule has 22 heavy (non-hydrogen) atoms. The number of hydrogen-bond acceptors (Lipinski definition) is 2. The van der Waals surface area contributed by atoms with E-state index >= 15 is 0 Å². The molecule has 1 aliphatic carbocycles. The molecule has 2 fully saturated rings. The lowest BCUT2D eigenvalue weighted by Crippen LogP contribution is -2.16. The maximum atomic E-state index is 5.13. The van der Waals surface area contributed by atoms with Crippen LogP contribution in [0.25, 0.3) is 0 Å². The molecule has 118 valence electrons. The number of allylic oxidation sites excluding steroid dienone is 2. The van der Waals surface area contributed by atoms with Crippen molar-refractivity contribution >= 4 is 5.71 Å². The van der Waals surface area contributed by atoms with Gasteiger partial charge in [0, 0.05) is 12.2 Å². The fourth-order valence-corrected chi connectivity index (χ4v) is 3.45. The lowest BCUT2D eigenvalue weighted by Gasteiger charge is -2.19. The van der Waals surface area contributed by atoms with Crippen molar-refractivity contribution in [1.29, 1.82) is 0 Å². The second-order valence-corrected chi connectivity index (χ2v) is 6.58. The van der Waals surface area contributed by atoms with Crippen molar-refractivity contribution in [2.45, 2.75) is 63.8 Å². The fourth-order valence-electron chi connectivity index (χ4n) is 3.45. The van der Waals surface area contributed by atoms with Crippen LogP contribution < -0.4 is 5.32 Å². The molecular formula is C20H28N2. The third-order valence-corrected chi connectivity index (χ3v) is 4.75. The summed E-state index contributed by atoms with van der Waals surface area (Å²) in [7, 11) is 0. The van der Waals surface area contributed by atoms with E-state index in [9.17, 15) is 0 Å². The predicted octanol–water partition coefficient (Wildman–Crippen LogP) is 4.86. The molecule has 2 nitrogen and oxygen atoms in total. The van der Waals surface area contributed by atoms with E-state index in [1.807, 2.05) is 0 Å². The first kappa shape index (κ1) is 15.3. The molecule has 1 aromatic carbocycles. The molecular weight excluding hydrogens is 268 g/mol. The van der Waals surface area contributed by atoms with Gasteiger partial charge in [-0.2, -0.15) is 0 Å². The van der Waals surface area contributed by atoms with Gasteiger partial charge in [-0.1, -0.05) is 56.0 Å². The Hall–Kier alpha value is -1.57. The predicted molar refractivity (Wildman–Crippen MR) is 94.4 cm³/mol. The van der Waals surface area contributed by atoms with Crippen LogP contribution in [-0.4, -0.2) is 18.3 Å². The smallest absolute Gasteiger partial charge is 0.0667 e. The highest BCUT2D eigenvalue weighted by Gasteiger charge is 2.14. The second kappa shape index (κ2) is 8.17. The number of nitrogens with one attached hydrogen (secondary N) is 1. The van der Waals surface area contributed by atoms with Gasteiger partial charge in [0.2, 0.25) is 0 Å². The van der Waals surface area contributed by atoms with Gasteiger partial charge >= 0.3 is 0 Å². The molecule has 2 aliphatic rings. The van der Waals surface area contributed by atoms with Crippen molar-refractivity contribution in [3.63, 3.8) is 0 Å². The molecule has 1 saturated carbocycles. The van der Waals surface area contributed by atoms with Crippen LogP contribution in [0.5, 0.6) is 0 Å². The molecule has 0 atom stereocenters.